The topological polar surface area (TPSA) is 46.5 Å². The van der Waals surface area contributed by atoms with Gasteiger partial charge in [-0.3, -0.25) is 4.79 Å². The van der Waals surface area contributed by atoms with Gasteiger partial charge in [0.25, 0.3) is 0 Å². The summed E-state index contributed by atoms with van der Waals surface area (Å²) in [4.78, 5) is 12.1. The maximum Gasteiger partial charge on any atom is 0.185 e. The predicted molar refractivity (Wildman–Crippen MR) is 84.5 cm³/mol. The van der Waals surface area contributed by atoms with Gasteiger partial charge in [-0.1, -0.05) is 29.3 Å². The molecule has 0 saturated heterocycles. The van der Waals surface area contributed by atoms with E-state index in [4.69, 9.17) is 27.9 Å². The molecular weight excluding hydrogens is 311 g/mol. The van der Waals surface area contributed by atoms with Gasteiger partial charge in [0.05, 0.1) is 7.11 Å². The average Bonchev–Trinajstić information content (AvgIpc) is 2.47. The SMILES string of the molecule is COc1cc(C(=O)/C=C/c2c(Cl)cccc2Cl)ccc1O. The molecule has 0 bridgehead atoms. The van der Waals surface area contributed by atoms with Gasteiger partial charge in [0.2, 0.25) is 0 Å². The summed E-state index contributed by atoms with van der Waals surface area (Å²) in [6, 6.07) is 9.51. The summed E-state index contributed by atoms with van der Waals surface area (Å²) >= 11 is 12.1. The maximum absolute atomic E-state index is 12.1. The third-order valence-corrected chi connectivity index (χ3v) is 3.52. The van der Waals surface area contributed by atoms with Gasteiger partial charge >= 0.3 is 0 Å². The van der Waals surface area contributed by atoms with E-state index in [1.807, 2.05) is 0 Å². The van der Waals surface area contributed by atoms with Gasteiger partial charge < -0.3 is 9.84 Å². The molecular formula is C16H12Cl2O3. The molecule has 108 valence electrons. The zero-order valence-corrected chi connectivity index (χ0v) is 12.7. The third-order valence-electron chi connectivity index (χ3n) is 2.87. The number of aromatic hydroxyl groups is 1. The molecule has 0 fully saturated rings. The summed E-state index contributed by atoms with van der Waals surface area (Å²) in [7, 11) is 1.42. The van der Waals surface area contributed by atoms with E-state index < -0.39 is 0 Å². The van der Waals surface area contributed by atoms with Crippen molar-refractivity contribution < 1.29 is 14.6 Å². The van der Waals surface area contributed by atoms with E-state index in [1.54, 1.807) is 24.3 Å². The number of carbonyl (C=O) groups is 1. The number of hydrogen-bond donors (Lipinski definition) is 1. The van der Waals surface area contributed by atoms with E-state index in [-0.39, 0.29) is 17.3 Å². The van der Waals surface area contributed by atoms with E-state index in [0.29, 0.717) is 21.2 Å². The molecule has 0 spiro atoms. The molecule has 0 heterocycles. The average molecular weight is 323 g/mol. The molecule has 1 N–H and O–H groups in total. The Hall–Kier alpha value is -1.97. The Morgan fingerprint density at radius 2 is 1.86 bits per heavy atom. The first-order chi connectivity index (χ1) is 10.0. The zero-order valence-electron chi connectivity index (χ0n) is 11.1. The number of phenols is 1. The fraction of sp³-hybridized carbons (Fsp3) is 0.0625. The number of methoxy groups -OCH3 is 1. The third kappa shape index (κ3) is 3.57. The number of carbonyl (C=O) groups excluding carboxylic acids is 1. The molecule has 0 saturated carbocycles. The van der Waals surface area contributed by atoms with Gasteiger partial charge in [-0.2, -0.15) is 0 Å². The van der Waals surface area contributed by atoms with Gasteiger partial charge in [-0.15, -0.1) is 0 Å². The van der Waals surface area contributed by atoms with Crippen LogP contribution in [0.25, 0.3) is 6.08 Å². The molecule has 5 heteroatoms. The van der Waals surface area contributed by atoms with Crippen LogP contribution in [0.1, 0.15) is 15.9 Å². The summed E-state index contributed by atoms with van der Waals surface area (Å²) in [6.07, 6.45) is 2.94. The van der Waals surface area contributed by atoms with Crippen LogP contribution in [0.2, 0.25) is 10.0 Å². The second-order valence-electron chi connectivity index (χ2n) is 4.22. The summed E-state index contributed by atoms with van der Waals surface area (Å²) in [5.74, 6) is -0.0264. The second kappa shape index (κ2) is 6.66. The van der Waals surface area contributed by atoms with Crippen LogP contribution >= 0.6 is 23.2 Å². The first-order valence-electron chi connectivity index (χ1n) is 6.06. The Morgan fingerprint density at radius 3 is 2.48 bits per heavy atom. The molecule has 0 aliphatic carbocycles. The fourth-order valence-electron chi connectivity index (χ4n) is 1.76. The van der Waals surface area contributed by atoms with Crippen LogP contribution in [0.3, 0.4) is 0 Å². The van der Waals surface area contributed by atoms with E-state index in [0.717, 1.165) is 0 Å². The molecule has 2 rings (SSSR count). The Morgan fingerprint density at radius 1 is 1.19 bits per heavy atom. The minimum absolute atomic E-state index is 0.0211. The number of phenolic OH excluding ortho intramolecular Hbond substituents is 1. The van der Waals surface area contributed by atoms with Crippen LogP contribution in [0.15, 0.2) is 42.5 Å². The first kappa shape index (κ1) is 15.4. The summed E-state index contributed by atoms with van der Waals surface area (Å²) in [5, 5.41) is 10.4. The van der Waals surface area contributed by atoms with Gasteiger partial charge in [0.15, 0.2) is 17.3 Å². The monoisotopic (exact) mass is 322 g/mol. The second-order valence-corrected chi connectivity index (χ2v) is 5.03. The molecule has 0 amide bonds. The number of halogens is 2. The van der Waals surface area contributed by atoms with Crippen LogP contribution < -0.4 is 4.74 Å². The largest absolute Gasteiger partial charge is 0.504 e. The van der Waals surface area contributed by atoms with Gasteiger partial charge in [-0.25, -0.2) is 0 Å². The molecule has 0 aliphatic heterocycles. The van der Waals surface area contributed by atoms with Crippen molar-refractivity contribution >= 4 is 35.1 Å². The first-order valence-corrected chi connectivity index (χ1v) is 6.82. The summed E-state index contributed by atoms with van der Waals surface area (Å²) < 4.78 is 4.97. The Labute approximate surface area is 132 Å². The molecule has 0 radical (unpaired) electrons. The van der Waals surface area contributed by atoms with Crippen molar-refractivity contribution in [3.8, 4) is 11.5 Å². The Bertz CT molecular complexity index is 688. The van der Waals surface area contributed by atoms with Crippen LogP contribution in [0.5, 0.6) is 11.5 Å². The van der Waals surface area contributed by atoms with Crippen molar-refractivity contribution in [3.63, 3.8) is 0 Å². The van der Waals surface area contributed by atoms with Crippen molar-refractivity contribution in [2.75, 3.05) is 7.11 Å². The highest BCUT2D eigenvalue weighted by molar-refractivity contribution is 6.37. The molecule has 2 aromatic rings. The van der Waals surface area contributed by atoms with Crippen LogP contribution in [-0.2, 0) is 0 Å². The normalized spacial score (nSPS) is 10.8. The lowest BCUT2D eigenvalue weighted by Gasteiger charge is -2.04. The van der Waals surface area contributed by atoms with Crippen molar-refractivity contribution in [2.24, 2.45) is 0 Å². The van der Waals surface area contributed by atoms with Gasteiger partial charge in [0, 0.05) is 21.2 Å². The standard InChI is InChI=1S/C16H12Cl2O3/c1-21-16-9-10(5-7-15(16)20)14(19)8-6-11-12(17)3-2-4-13(11)18/h2-9,20H,1H3/b8-6+. The summed E-state index contributed by atoms with van der Waals surface area (Å²) in [5.41, 5.74) is 0.976. The quantitative estimate of drug-likeness (QED) is 0.660. The Kier molecular flexibility index (Phi) is 4.89. The maximum atomic E-state index is 12.1. The molecule has 0 aromatic heterocycles. The molecule has 0 aliphatic rings. The van der Waals surface area contributed by atoms with Crippen molar-refractivity contribution in [2.45, 2.75) is 0 Å². The highest BCUT2D eigenvalue weighted by Gasteiger charge is 2.08. The molecule has 2 aromatic carbocycles. The minimum atomic E-state index is -0.246. The van der Waals surface area contributed by atoms with E-state index in [9.17, 15) is 9.90 Å². The highest BCUT2D eigenvalue weighted by atomic mass is 35.5. The smallest absolute Gasteiger partial charge is 0.185 e. The fourth-order valence-corrected chi connectivity index (χ4v) is 2.28. The molecule has 21 heavy (non-hydrogen) atoms. The highest BCUT2D eigenvalue weighted by Crippen LogP contribution is 2.28. The number of ether oxygens (including phenoxy) is 1. The van der Waals surface area contributed by atoms with Gasteiger partial charge in [0.1, 0.15) is 0 Å². The zero-order chi connectivity index (χ0) is 15.4. The van der Waals surface area contributed by atoms with E-state index >= 15 is 0 Å². The lowest BCUT2D eigenvalue weighted by molar-refractivity contribution is 0.104. The Balaban J connectivity index is 2.27. The molecule has 3 nitrogen and oxygen atoms in total. The van der Waals surface area contributed by atoms with Crippen molar-refractivity contribution in [1.82, 2.24) is 0 Å². The number of ketones is 1. The van der Waals surface area contributed by atoms with E-state index in [1.165, 1.54) is 31.4 Å². The van der Waals surface area contributed by atoms with E-state index in [2.05, 4.69) is 0 Å². The molecule has 0 unspecified atom stereocenters. The number of benzene rings is 2. The number of allylic oxidation sites excluding steroid dienone is 1. The van der Waals surface area contributed by atoms with Crippen molar-refractivity contribution in [1.29, 1.82) is 0 Å². The summed E-state index contributed by atoms with van der Waals surface area (Å²) in [6.45, 7) is 0. The van der Waals surface area contributed by atoms with Crippen LogP contribution in [-0.4, -0.2) is 18.0 Å². The van der Waals surface area contributed by atoms with Crippen molar-refractivity contribution in [3.05, 3.63) is 63.6 Å². The van der Waals surface area contributed by atoms with Crippen LogP contribution in [0, 0.1) is 0 Å². The number of rotatable bonds is 4. The lowest BCUT2D eigenvalue weighted by atomic mass is 10.1. The van der Waals surface area contributed by atoms with Crippen LogP contribution in [0.4, 0.5) is 0 Å². The number of hydrogen-bond acceptors (Lipinski definition) is 3. The minimum Gasteiger partial charge on any atom is -0.504 e. The van der Waals surface area contributed by atoms with Gasteiger partial charge in [-0.05, 0) is 42.5 Å². The molecule has 0 atom stereocenters. The lowest BCUT2D eigenvalue weighted by Crippen LogP contribution is -1.95. The predicted octanol–water partition coefficient (Wildman–Crippen LogP) is 4.60.